The van der Waals surface area contributed by atoms with Gasteiger partial charge in [0.15, 0.2) is 5.79 Å². The standard InChI is InChI=1S/C16H32N2O3/c1-13(2)12-18(7-8-19-4)15-11-16(20-9-10-21-16)6-5-14(15)17-3/h13-15,17H,5-12H2,1-4H3. The second-order valence-corrected chi connectivity index (χ2v) is 6.69. The van der Waals surface area contributed by atoms with Crippen molar-refractivity contribution >= 4 is 0 Å². The molecule has 2 fully saturated rings. The summed E-state index contributed by atoms with van der Waals surface area (Å²) in [5.41, 5.74) is 0. The normalized spacial score (nSPS) is 28.9. The number of methoxy groups -OCH3 is 1. The molecule has 2 rings (SSSR count). The van der Waals surface area contributed by atoms with Gasteiger partial charge in [-0.1, -0.05) is 13.8 Å². The Balaban J connectivity index is 2.08. The van der Waals surface area contributed by atoms with Gasteiger partial charge in [-0.05, 0) is 19.4 Å². The van der Waals surface area contributed by atoms with Crippen LogP contribution in [-0.4, -0.2) is 69.8 Å². The van der Waals surface area contributed by atoms with E-state index in [1.807, 2.05) is 0 Å². The molecule has 1 aliphatic carbocycles. The molecule has 5 nitrogen and oxygen atoms in total. The molecule has 21 heavy (non-hydrogen) atoms. The van der Waals surface area contributed by atoms with E-state index in [1.165, 1.54) is 0 Å². The zero-order valence-corrected chi connectivity index (χ0v) is 14.1. The maximum Gasteiger partial charge on any atom is 0.170 e. The van der Waals surface area contributed by atoms with Crippen LogP contribution in [0.4, 0.5) is 0 Å². The smallest absolute Gasteiger partial charge is 0.170 e. The Labute approximate surface area is 129 Å². The molecule has 2 atom stereocenters. The van der Waals surface area contributed by atoms with E-state index in [4.69, 9.17) is 14.2 Å². The minimum absolute atomic E-state index is 0.333. The van der Waals surface area contributed by atoms with E-state index < -0.39 is 0 Å². The maximum atomic E-state index is 5.96. The highest BCUT2D eigenvalue weighted by Crippen LogP contribution is 2.38. The molecule has 5 heteroatoms. The molecule has 2 aliphatic rings. The molecule has 1 N–H and O–H groups in total. The molecule has 1 spiro atoms. The molecule has 1 saturated carbocycles. The lowest BCUT2D eigenvalue weighted by Crippen LogP contribution is -2.58. The average Bonchev–Trinajstić information content (AvgIpc) is 2.91. The molecule has 0 amide bonds. The van der Waals surface area contributed by atoms with Crippen LogP contribution in [0.3, 0.4) is 0 Å². The van der Waals surface area contributed by atoms with Gasteiger partial charge in [0.05, 0.1) is 19.8 Å². The van der Waals surface area contributed by atoms with Gasteiger partial charge >= 0.3 is 0 Å². The molecule has 124 valence electrons. The monoisotopic (exact) mass is 300 g/mol. The molecule has 1 heterocycles. The Morgan fingerprint density at radius 3 is 2.62 bits per heavy atom. The summed E-state index contributed by atoms with van der Waals surface area (Å²) in [5, 5.41) is 3.50. The average molecular weight is 300 g/mol. The van der Waals surface area contributed by atoms with Crippen LogP contribution in [0.15, 0.2) is 0 Å². The molecule has 0 aromatic carbocycles. The topological polar surface area (TPSA) is 43.0 Å². The summed E-state index contributed by atoms with van der Waals surface area (Å²) in [4.78, 5) is 2.56. The number of likely N-dealkylation sites (N-methyl/N-ethyl adjacent to an activating group) is 1. The second kappa shape index (κ2) is 7.88. The van der Waals surface area contributed by atoms with Gasteiger partial charge in [-0.25, -0.2) is 0 Å². The largest absolute Gasteiger partial charge is 0.383 e. The van der Waals surface area contributed by atoms with Gasteiger partial charge < -0.3 is 19.5 Å². The summed E-state index contributed by atoms with van der Waals surface area (Å²) < 4.78 is 17.2. The van der Waals surface area contributed by atoms with E-state index in [0.29, 0.717) is 18.0 Å². The fraction of sp³-hybridized carbons (Fsp3) is 1.00. The molecular weight excluding hydrogens is 268 g/mol. The first-order valence-electron chi connectivity index (χ1n) is 8.28. The van der Waals surface area contributed by atoms with Crippen LogP contribution in [-0.2, 0) is 14.2 Å². The van der Waals surface area contributed by atoms with E-state index >= 15 is 0 Å². The number of hydrogen-bond donors (Lipinski definition) is 1. The van der Waals surface area contributed by atoms with Crippen molar-refractivity contribution < 1.29 is 14.2 Å². The summed E-state index contributed by atoms with van der Waals surface area (Å²) in [7, 11) is 3.84. The van der Waals surface area contributed by atoms with Crippen LogP contribution in [0.5, 0.6) is 0 Å². The highest BCUT2D eigenvalue weighted by atomic mass is 16.7. The van der Waals surface area contributed by atoms with Gasteiger partial charge in [0.25, 0.3) is 0 Å². The van der Waals surface area contributed by atoms with Crippen LogP contribution < -0.4 is 5.32 Å². The Morgan fingerprint density at radius 2 is 2.05 bits per heavy atom. The first-order chi connectivity index (χ1) is 10.1. The zero-order chi connectivity index (χ0) is 15.3. The Kier molecular flexibility index (Phi) is 6.44. The fourth-order valence-corrected chi connectivity index (χ4v) is 3.68. The maximum absolute atomic E-state index is 5.96. The molecule has 0 bridgehead atoms. The Bertz CT molecular complexity index is 306. The zero-order valence-electron chi connectivity index (χ0n) is 14.1. The van der Waals surface area contributed by atoms with E-state index in [0.717, 1.165) is 52.2 Å². The summed E-state index contributed by atoms with van der Waals surface area (Å²) in [6.45, 7) is 8.84. The van der Waals surface area contributed by atoms with Gasteiger partial charge in [0.1, 0.15) is 0 Å². The van der Waals surface area contributed by atoms with E-state index in [2.05, 4.69) is 31.1 Å². The minimum atomic E-state index is -0.333. The van der Waals surface area contributed by atoms with Crippen molar-refractivity contribution in [2.75, 3.05) is 47.1 Å². The van der Waals surface area contributed by atoms with Crippen LogP contribution in [0.25, 0.3) is 0 Å². The van der Waals surface area contributed by atoms with Crippen LogP contribution in [0, 0.1) is 5.92 Å². The van der Waals surface area contributed by atoms with Gasteiger partial charge in [-0.15, -0.1) is 0 Å². The van der Waals surface area contributed by atoms with Gasteiger partial charge in [0, 0.05) is 45.1 Å². The van der Waals surface area contributed by atoms with Crippen LogP contribution >= 0.6 is 0 Å². The van der Waals surface area contributed by atoms with Crippen LogP contribution in [0.2, 0.25) is 0 Å². The number of ether oxygens (including phenoxy) is 3. The lowest BCUT2D eigenvalue weighted by atomic mass is 9.84. The van der Waals surface area contributed by atoms with E-state index in [9.17, 15) is 0 Å². The summed E-state index contributed by atoms with van der Waals surface area (Å²) in [6, 6.07) is 0.943. The number of hydrogen-bond acceptors (Lipinski definition) is 5. The minimum Gasteiger partial charge on any atom is -0.383 e. The Hall–Kier alpha value is -0.200. The Morgan fingerprint density at radius 1 is 1.33 bits per heavy atom. The lowest BCUT2D eigenvalue weighted by Gasteiger charge is -2.46. The molecule has 1 saturated heterocycles. The van der Waals surface area contributed by atoms with Crippen molar-refractivity contribution in [2.24, 2.45) is 5.92 Å². The van der Waals surface area contributed by atoms with Crippen molar-refractivity contribution in [2.45, 2.75) is 51.0 Å². The number of rotatable bonds is 7. The molecule has 1 aliphatic heterocycles. The molecule has 0 radical (unpaired) electrons. The molecular formula is C16H32N2O3. The second-order valence-electron chi connectivity index (χ2n) is 6.69. The molecule has 2 unspecified atom stereocenters. The summed E-state index contributed by atoms with van der Waals surface area (Å²) in [5.74, 6) is 0.308. The van der Waals surface area contributed by atoms with Crippen LogP contribution in [0.1, 0.15) is 33.1 Å². The summed E-state index contributed by atoms with van der Waals surface area (Å²) >= 11 is 0. The predicted octanol–water partition coefficient (Wildman–Crippen LogP) is 1.47. The molecule has 0 aromatic heterocycles. The lowest BCUT2D eigenvalue weighted by molar-refractivity contribution is -0.194. The summed E-state index contributed by atoms with van der Waals surface area (Å²) in [6.07, 6.45) is 3.05. The quantitative estimate of drug-likeness (QED) is 0.771. The van der Waals surface area contributed by atoms with Crippen molar-refractivity contribution in [1.29, 1.82) is 0 Å². The number of nitrogens with zero attached hydrogens (tertiary/aromatic N) is 1. The number of nitrogens with one attached hydrogen (secondary N) is 1. The predicted molar refractivity (Wildman–Crippen MR) is 83.4 cm³/mol. The first-order valence-corrected chi connectivity index (χ1v) is 8.28. The van der Waals surface area contributed by atoms with Gasteiger partial charge in [0.2, 0.25) is 0 Å². The highest BCUT2D eigenvalue weighted by molar-refractivity contribution is 4.96. The third-order valence-electron chi connectivity index (χ3n) is 4.66. The van der Waals surface area contributed by atoms with E-state index in [-0.39, 0.29) is 5.79 Å². The highest BCUT2D eigenvalue weighted by Gasteiger charge is 2.46. The SMILES string of the molecule is CNC1CCC2(CC1N(CCOC)CC(C)C)OCCO2. The van der Waals surface area contributed by atoms with Crippen molar-refractivity contribution in [3.63, 3.8) is 0 Å². The third-order valence-corrected chi connectivity index (χ3v) is 4.66. The van der Waals surface area contributed by atoms with Crippen molar-refractivity contribution in [3.8, 4) is 0 Å². The van der Waals surface area contributed by atoms with Crippen molar-refractivity contribution in [3.05, 3.63) is 0 Å². The third kappa shape index (κ3) is 4.39. The van der Waals surface area contributed by atoms with Gasteiger partial charge in [-0.2, -0.15) is 0 Å². The fourth-order valence-electron chi connectivity index (χ4n) is 3.68. The molecule has 0 aromatic rings. The first kappa shape index (κ1) is 17.2. The van der Waals surface area contributed by atoms with E-state index in [1.54, 1.807) is 7.11 Å². The van der Waals surface area contributed by atoms with Crippen molar-refractivity contribution in [1.82, 2.24) is 10.2 Å². The van der Waals surface area contributed by atoms with Gasteiger partial charge in [-0.3, -0.25) is 4.90 Å².